The lowest BCUT2D eigenvalue weighted by atomic mass is 10.0. The summed E-state index contributed by atoms with van der Waals surface area (Å²) in [6, 6.07) is 4.39. The van der Waals surface area contributed by atoms with Crippen molar-refractivity contribution in [3.8, 4) is 0 Å². The molecule has 2 aromatic rings. The molecule has 0 radical (unpaired) electrons. The lowest BCUT2D eigenvalue weighted by molar-refractivity contribution is -0.132. The van der Waals surface area contributed by atoms with E-state index in [-0.39, 0.29) is 11.9 Å². The van der Waals surface area contributed by atoms with E-state index in [4.69, 9.17) is 0 Å². The van der Waals surface area contributed by atoms with Gasteiger partial charge in [0, 0.05) is 51.1 Å². The maximum Gasteiger partial charge on any atom is 0.224 e. The molecule has 1 aliphatic heterocycles. The van der Waals surface area contributed by atoms with Gasteiger partial charge in [-0.3, -0.25) is 9.78 Å². The molecule has 1 amide bonds. The number of nitrogens with zero attached hydrogens (tertiary/aromatic N) is 5. The van der Waals surface area contributed by atoms with Gasteiger partial charge in [0.25, 0.3) is 0 Å². The van der Waals surface area contributed by atoms with Crippen LogP contribution in [0.1, 0.15) is 49.3 Å². The van der Waals surface area contributed by atoms with Crippen LogP contribution in [0.5, 0.6) is 0 Å². The van der Waals surface area contributed by atoms with Gasteiger partial charge >= 0.3 is 0 Å². The monoisotopic (exact) mass is 355 g/mol. The smallest absolute Gasteiger partial charge is 0.224 e. The van der Waals surface area contributed by atoms with E-state index in [0.29, 0.717) is 13.0 Å². The van der Waals surface area contributed by atoms with Gasteiger partial charge in [-0.15, -0.1) is 0 Å². The minimum atomic E-state index is 0.180. The van der Waals surface area contributed by atoms with Crippen LogP contribution < -0.4 is 0 Å². The number of aryl methyl sites for hydroxylation is 2. The zero-order valence-corrected chi connectivity index (χ0v) is 16.1. The highest BCUT2D eigenvalue weighted by Crippen LogP contribution is 2.32. The fraction of sp³-hybridized carbons (Fsp3) is 0.550. The third-order valence-electron chi connectivity index (χ3n) is 4.96. The summed E-state index contributed by atoms with van der Waals surface area (Å²) in [5.74, 6) is 1.27. The Morgan fingerprint density at radius 2 is 2.15 bits per heavy atom. The molecule has 0 aliphatic carbocycles. The van der Waals surface area contributed by atoms with E-state index in [0.717, 1.165) is 43.9 Å². The molecule has 6 heteroatoms. The van der Waals surface area contributed by atoms with Crippen molar-refractivity contribution in [2.75, 3.05) is 20.6 Å². The molecule has 0 saturated carbocycles. The zero-order valence-electron chi connectivity index (χ0n) is 16.1. The van der Waals surface area contributed by atoms with Gasteiger partial charge in [-0.1, -0.05) is 6.92 Å². The van der Waals surface area contributed by atoms with Gasteiger partial charge in [0.2, 0.25) is 5.91 Å². The molecule has 1 aliphatic rings. The van der Waals surface area contributed by atoms with Crippen LogP contribution >= 0.6 is 0 Å². The highest BCUT2D eigenvalue weighted by molar-refractivity contribution is 5.77. The molecule has 0 bridgehead atoms. The van der Waals surface area contributed by atoms with E-state index in [9.17, 15) is 4.79 Å². The van der Waals surface area contributed by atoms with Crippen molar-refractivity contribution in [1.82, 2.24) is 24.3 Å². The summed E-state index contributed by atoms with van der Waals surface area (Å²) in [5.41, 5.74) is 2.26. The van der Waals surface area contributed by atoms with E-state index in [2.05, 4.69) is 43.4 Å². The largest absolute Gasteiger partial charge is 0.336 e. The summed E-state index contributed by atoms with van der Waals surface area (Å²) in [6.07, 6.45) is 9.15. The first-order chi connectivity index (χ1) is 12.6. The quantitative estimate of drug-likeness (QED) is 0.766. The topological polar surface area (TPSA) is 54.3 Å². The highest BCUT2D eigenvalue weighted by atomic mass is 16.2. The summed E-state index contributed by atoms with van der Waals surface area (Å²) in [7, 11) is 4.08. The summed E-state index contributed by atoms with van der Waals surface area (Å²) < 4.78 is 2.09. The van der Waals surface area contributed by atoms with Crippen molar-refractivity contribution in [2.45, 2.75) is 51.7 Å². The van der Waals surface area contributed by atoms with Gasteiger partial charge in [-0.25, -0.2) is 4.98 Å². The van der Waals surface area contributed by atoms with Crippen LogP contribution in [-0.2, 0) is 24.3 Å². The average Bonchev–Trinajstić information content (AvgIpc) is 3.28. The maximum atomic E-state index is 12.9. The third kappa shape index (κ3) is 4.30. The van der Waals surface area contributed by atoms with Crippen molar-refractivity contribution in [3.05, 3.63) is 47.8 Å². The molecule has 0 unspecified atom stereocenters. The van der Waals surface area contributed by atoms with Crippen molar-refractivity contribution in [3.63, 3.8) is 0 Å². The lowest BCUT2D eigenvalue weighted by Gasteiger charge is -2.26. The van der Waals surface area contributed by atoms with Crippen LogP contribution in [0.15, 0.2) is 30.7 Å². The summed E-state index contributed by atoms with van der Waals surface area (Å²) in [6.45, 7) is 4.45. The Morgan fingerprint density at radius 1 is 1.31 bits per heavy atom. The highest BCUT2D eigenvalue weighted by Gasteiger charge is 2.29. The lowest BCUT2D eigenvalue weighted by Crippen LogP contribution is -2.31. The summed E-state index contributed by atoms with van der Waals surface area (Å²) in [4.78, 5) is 25.8. The van der Waals surface area contributed by atoms with Crippen LogP contribution in [0, 0.1) is 0 Å². The molecular weight excluding hydrogens is 326 g/mol. The number of hydrogen-bond donors (Lipinski definition) is 0. The normalized spacial score (nSPS) is 17.2. The first-order valence-electron chi connectivity index (χ1n) is 9.47. The van der Waals surface area contributed by atoms with Gasteiger partial charge in [0.15, 0.2) is 0 Å². The number of carbonyl (C=O) groups is 1. The number of imidazole rings is 1. The second-order valence-corrected chi connectivity index (χ2v) is 7.20. The molecule has 140 valence electrons. The van der Waals surface area contributed by atoms with E-state index < -0.39 is 0 Å². The van der Waals surface area contributed by atoms with Crippen LogP contribution in [0.4, 0.5) is 0 Å². The molecule has 0 aromatic carbocycles. The van der Waals surface area contributed by atoms with Crippen LogP contribution in [0.2, 0.25) is 0 Å². The predicted octanol–water partition coefficient (Wildman–Crippen LogP) is 2.66. The molecule has 1 atom stereocenters. The molecule has 0 N–H and O–H groups in total. The molecule has 1 saturated heterocycles. The van der Waals surface area contributed by atoms with Crippen molar-refractivity contribution < 1.29 is 4.79 Å². The maximum absolute atomic E-state index is 12.9. The van der Waals surface area contributed by atoms with Gasteiger partial charge in [0.05, 0.1) is 11.7 Å². The standard InChI is InChI=1S/C20H29N5O/c1-4-19-22-10-13-24(19)12-8-20(26)25-11-5-6-18(25)16-7-9-21-17(14-16)15-23(2)3/h7,9-10,13-14,18H,4-6,8,11-12,15H2,1-3H3/t18-/m1/s1. The minimum Gasteiger partial charge on any atom is -0.336 e. The number of carbonyl (C=O) groups excluding carboxylic acids is 1. The van der Waals surface area contributed by atoms with Crippen LogP contribution in [0.25, 0.3) is 0 Å². The Labute approximate surface area is 155 Å². The fourth-order valence-corrected chi connectivity index (χ4v) is 3.74. The molecule has 6 nitrogen and oxygen atoms in total. The zero-order chi connectivity index (χ0) is 18.5. The number of rotatable bonds is 7. The van der Waals surface area contributed by atoms with E-state index in [1.165, 1.54) is 5.56 Å². The van der Waals surface area contributed by atoms with Gasteiger partial charge in [-0.2, -0.15) is 0 Å². The van der Waals surface area contributed by atoms with E-state index in [1.807, 2.05) is 32.7 Å². The van der Waals surface area contributed by atoms with Gasteiger partial charge in [-0.05, 0) is 44.6 Å². The Hall–Kier alpha value is -2.21. The molecule has 3 rings (SSSR count). The second kappa shape index (κ2) is 8.45. The number of amides is 1. The van der Waals surface area contributed by atoms with E-state index >= 15 is 0 Å². The van der Waals surface area contributed by atoms with Crippen LogP contribution in [0.3, 0.4) is 0 Å². The number of aromatic nitrogens is 3. The van der Waals surface area contributed by atoms with Crippen molar-refractivity contribution >= 4 is 5.91 Å². The molecule has 26 heavy (non-hydrogen) atoms. The van der Waals surface area contributed by atoms with Crippen LogP contribution in [-0.4, -0.2) is 50.9 Å². The minimum absolute atomic E-state index is 0.180. The number of hydrogen-bond acceptors (Lipinski definition) is 4. The Kier molecular flexibility index (Phi) is 6.04. The fourth-order valence-electron chi connectivity index (χ4n) is 3.74. The van der Waals surface area contributed by atoms with Gasteiger partial charge in [0.1, 0.15) is 5.82 Å². The third-order valence-corrected chi connectivity index (χ3v) is 4.96. The molecule has 3 heterocycles. The van der Waals surface area contributed by atoms with Crippen molar-refractivity contribution in [2.24, 2.45) is 0 Å². The van der Waals surface area contributed by atoms with Crippen molar-refractivity contribution in [1.29, 1.82) is 0 Å². The first-order valence-corrected chi connectivity index (χ1v) is 9.47. The number of likely N-dealkylation sites (tertiary alicyclic amines) is 1. The molecule has 2 aromatic heterocycles. The SMILES string of the molecule is CCc1nccn1CCC(=O)N1CCC[C@@H]1c1ccnc(CN(C)C)c1. The number of pyridine rings is 1. The molecular formula is C20H29N5O. The second-order valence-electron chi connectivity index (χ2n) is 7.20. The first kappa shape index (κ1) is 18.6. The Balaban J connectivity index is 1.66. The summed E-state index contributed by atoms with van der Waals surface area (Å²) in [5, 5.41) is 0. The van der Waals surface area contributed by atoms with Gasteiger partial charge < -0.3 is 14.4 Å². The Morgan fingerprint density at radius 3 is 2.92 bits per heavy atom. The molecule has 1 fully saturated rings. The average molecular weight is 355 g/mol. The predicted molar refractivity (Wildman–Crippen MR) is 102 cm³/mol. The molecule has 0 spiro atoms. The summed E-state index contributed by atoms with van der Waals surface area (Å²) >= 11 is 0. The Bertz CT molecular complexity index is 739. The van der Waals surface area contributed by atoms with E-state index in [1.54, 1.807) is 0 Å².